The van der Waals surface area contributed by atoms with Gasteiger partial charge in [-0.1, -0.05) is 20.3 Å². The highest BCUT2D eigenvalue weighted by Gasteiger charge is 2.34. The van der Waals surface area contributed by atoms with E-state index >= 15 is 0 Å². The van der Waals surface area contributed by atoms with Crippen LogP contribution >= 0.6 is 0 Å². The molecule has 5 nitrogen and oxygen atoms in total. The minimum absolute atomic E-state index is 0.175. The molecule has 18 heavy (non-hydrogen) atoms. The van der Waals surface area contributed by atoms with Crippen molar-refractivity contribution in [1.82, 2.24) is 0 Å². The van der Waals surface area contributed by atoms with Crippen molar-refractivity contribution < 1.29 is 19.0 Å². The van der Waals surface area contributed by atoms with Gasteiger partial charge in [0.25, 0.3) is 0 Å². The average Bonchev–Trinajstić information content (AvgIpc) is 2.31. The van der Waals surface area contributed by atoms with E-state index in [9.17, 15) is 4.79 Å². The Labute approximate surface area is 109 Å². The molecule has 1 fully saturated rings. The lowest BCUT2D eigenvalue weighted by Gasteiger charge is -2.32. The zero-order valence-electron chi connectivity index (χ0n) is 11.7. The van der Waals surface area contributed by atoms with Crippen LogP contribution in [-0.2, 0) is 14.2 Å². The summed E-state index contributed by atoms with van der Waals surface area (Å²) in [6.45, 7) is 9.14. The van der Waals surface area contributed by atoms with Crippen molar-refractivity contribution in [2.45, 2.75) is 46.8 Å². The number of carbonyl (C=O) groups excluding carboxylic acids is 1. The Kier molecular flexibility index (Phi) is 5.59. The first-order valence-electron chi connectivity index (χ1n) is 6.39. The van der Waals surface area contributed by atoms with Gasteiger partial charge in [0.15, 0.2) is 0 Å². The van der Waals surface area contributed by atoms with E-state index in [1.54, 1.807) is 0 Å². The lowest BCUT2D eigenvalue weighted by molar-refractivity contribution is -0.0949. The molecule has 0 aromatic rings. The molecule has 1 atom stereocenters. The number of nitrogens with zero attached hydrogens (tertiary/aromatic N) is 1. The second-order valence-electron chi connectivity index (χ2n) is 5.16. The smallest absolute Gasteiger partial charge is 0.433 e. The first-order valence-corrected chi connectivity index (χ1v) is 6.39. The molecule has 0 saturated carbocycles. The van der Waals surface area contributed by atoms with Crippen molar-refractivity contribution >= 4 is 11.9 Å². The van der Waals surface area contributed by atoms with Gasteiger partial charge in [-0.25, -0.2) is 4.79 Å². The van der Waals surface area contributed by atoms with Gasteiger partial charge in [-0.3, -0.25) is 4.99 Å². The summed E-state index contributed by atoms with van der Waals surface area (Å²) >= 11 is 0. The molecule has 0 amide bonds. The van der Waals surface area contributed by atoms with Crippen molar-refractivity contribution in [1.29, 1.82) is 0 Å². The first kappa shape index (κ1) is 15.0. The van der Waals surface area contributed by atoms with Crippen molar-refractivity contribution in [3.8, 4) is 0 Å². The van der Waals surface area contributed by atoms with E-state index in [1.807, 2.05) is 20.8 Å². The molecule has 5 heteroatoms. The van der Waals surface area contributed by atoms with E-state index in [4.69, 9.17) is 14.2 Å². The summed E-state index contributed by atoms with van der Waals surface area (Å²) in [4.78, 5) is 15.2. The summed E-state index contributed by atoms with van der Waals surface area (Å²) in [5, 5.41) is 0. The zero-order chi connectivity index (χ0) is 13.6. The lowest BCUT2D eigenvalue weighted by atomic mass is 9.94. The van der Waals surface area contributed by atoms with Gasteiger partial charge < -0.3 is 14.2 Å². The van der Waals surface area contributed by atoms with Crippen LogP contribution in [0.1, 0.15) is 40.5 Å². The predicted octanol–water partition coefficient (Wildman–Crippen LogP) is 2.78. The Bertz CT molecular complexity index is 304. The topological polar surface area (TPSA) is 57.1 Å². The standard InChI is InChI=1S/C13H23NO4/c1-5-6-10(2)14-11(3)16-7-13(4)8-17-12(15)18-9-13/h11H,5-9H2,1-4H3. The maximum atomic E-state index is 10.8. The molecular formula is C13H23NO4. The molecule has 1 unspecified atom stereocenters. The van der Waals surface area contributed by atoms with E-state index in [0.29, 0.717) is 19.8 Å². The second kappa shape index (κ2) is 6.73. The third kappa shape index (κ3) is 5.04. The summed E-state index contributed by atoms with van der Waals surface area (Å²) in [5.74, 6) is 0. The Balaban J connectivity index is 2.35. The van der Waals surface area contributed by atoms with Crippen molar-refractivity contribution in [3.05, 3.63) is 0 Å². The number of rotatable bonds is 6. The highest BCUT2D eigenvalue weighted by Crippen LogP contribution is 2.23. The molecule has 0 N–H and O–H groups in total. The number of aliphatic imine (C=N–C) groups is 1. The minimum Gasteiger partial charge on any atom is -0.433 e. The minimum atomic E-state index is -0.600. The van der Waals surface area contributed by atoms with Gasteiger partial charge in [0.05, 0.1) is 12.0 Å². The van der Waals surface area contributed by atoms with Crippen molar-refractivity contribution in [2.24, 2.45) is 10.4 Å². The molecular weight excluding hydrogens is 234 g/mol. The molecule has 1 rings (SSSR count). The molecule has 1 saturated heterocycles. The molecule has 0 aliphatic carbocycles. The Hall–Kier alpha value is -1.10. The van der Waals surface area contributed by atoms with Gasteiger partial charge in [-0.15, -0.1) is 0 Å². The number of ether oxygens (including phenoxy) is 3. The fourth-order valence-electron chi connectivity index (χ4n) is 1.73. The largest absolute Gasteiger partial charge is 0.508 e. The molecule has 0 bridgehead atoms. The van der Waals surface area contributed by atoms with E-state index in [2.05, 4.69) is 11.9 Å². The number of carbonyl (C=O) groups is 1. The van der Waals surface area contributed by atoms with Gasteiger partial charge in [0.2, 0.25) is 0 Å². The normalized spacial score (nSPS) is 21.1. The van der Waals surface area contributed by atoms with E-state index < -0.39 is 6.16 Å². The third-order valence-electron chi connectivity index (χ3n) is 2.76. The number of hydrogen-bond acceptors (Lipinski definition) is 5. The summed E-state index contributed by atoms with van der Waals surface area (Å²) in [7, 11) is 0. The van der Waals surface area contributed by atoms with Gasteiger partial charge in [0, 0.05) is 5.71 Å². The fraction of sp³-hybridized carbons (Fsp3) is 0.846. The van der Waals surface area contributed by atoms with Gasteiger partial charge in [-0.05, 0) is 20.3 Å². The predicted molar refractivity (Wildman–Crippen MR) is 68.8 cm³/mol. The van der Waals surface area contributed by atoms with Crippen LogP contribution in [0.4, 0.5) is 4.79 Å². The molecule has 1 heterocycles. The Morgan fingerprint density at radius 2 is 2.11 bits per heavy atom. The van der Waals surface area contributed by atoms with Crippen LogP contribution in [0.2, 0.25) is 0 Å². The van der Waals surface area contributed by atoms with Gasteiger partial charge >= 0.3 is 6.16 Å². The molecule has 0 radical (unpaired) electrons. The van der Waals surface area contributed by atoms with Crippen LogP contribution in [0.5, 0.6) is 0 Å². The summed E-state index contributed by atoms with van der Waals surface area (Å²) in [6.07, 6.45) is 1.30. The third-order valence-corrected chi connectivity index (χ3v) is 2.76. The molecule has 0 spiro atoms. The van der Waals surface area contributed by atoms with Crippen LogP contribution in [-0.4, -0.2) is 37.9 Å². The average molecular weight is 257 g/mol. The molecule has 104 valence electrons. The summed E-state index contributed by atoms with van der Waals surface area (Å²) in [6, 6.07) is 0. The lowest BCUT2D eigenvalue weighted by Crippen LogP contribution is -2.41. The first-order chi connectivity index (χ1) is 8.45. The van der Waals surface area contributed by atoms with Gasteiger partial charge in [-0.2, -0.15) is 0 Å². The Morgan fingerprint density at radius 3 is 2.67 bits per heavy atom. The number of cyclic esters (lactones) is 2. The fourth-order valence-corrected chi connectivity index (χ4v) is 1.73. The van der Waals surface area contributed by atoms with Crippen molar-refractivity contribution in [2.75, 3.05) is 19.8 Å². The quantitative estimate of drug-likeness (QED) is 0.542. The van der Waals surface area contributed by atoms with Crippen molar-refractivity contribution in [3.63, 3.8) is 0 Å². The Morgan fingerprint density at radius 1 is 1.50 bits per heavy atom. The molecule has 0 aromatic carbocycles. The summed E-state index contributed by atoms with van der Waals surface area (Å²) < 4.78 is 15.4. The monoisotopic (exact) mass is 257 g/mol. The van der Waals surface area contributed by atoms with Crippen LogP contribution in [0.25, 0.3) is 0 Å². The number of hydrogen-bond donors (Lipinski definition) is 0. The van der Waals surface area contributed by atoms with E-state index in [-0.39, 0.29) is 11.6 Å². The van der Waals surface area contributed by atoms with Crippen LogP contribution < -0.4 is 0 Å². The zero-order valence-corrected chi connectivity index (χ0v) is 11.7. The molecule has 1 aliphatic rings. The molecule has 0 aromatic heterocycles. The highest BCUT2D eigenvalue weighted by atomic mass is 16.7. The van der Waals surface area contributed by atoms with E-state index in [1.165, 1.54) is 0 Å². The maximum Gasteiger partial charge on any atom is 0.508 e. The van der Waals surface area contributed by atoms with Crippen LogP contribution in [0.3, 0.4) is 0 Å². The second-order valence-corrected chi connectivity index (χ2v) is 5.16. The van der Waals surface area contributed by atoms with Crippen LogP contribution in [0.15, 0.2) is 4.99 Å². The van der Waals surface area contributed by atoms with E-state index in [0.717, 1.165) is 18.6 Å². The van der Waals surface area contributed by atoms with Gasteiger partial charge in [0.1, 0.15) is 19.4 Å². The SMILES string of the molecule is CCCC(C)=NC(C)OCC1(C)COC(=O)OC1. The maximum absolute atomic E-state index is 10.8. The van der Waals surface area contributed by atoms with Crippen LogP contribution in [0, 0.1) is 5.41 Å². The highest BCUT2D eigenvalue weighted by molar-refractivity contribution is 5.81. The molecule has 1 aliphatic heterocycles. The summed E-state index contributed by atoms with van der Waals surface area (Å²) in [5.41, 5.74) is 0.817.